The summed E-state index contributed by atoms with van der Waals surface area (Å²) in [6.45, 7) is 2.75. The molecule has 0 unspecified atom stereocenters. The van der Waals surface area contributed by atoms with Gasteiger partial charge in [-0.15, -0.1) is 0 Å². The first-order valence-corrected chi connectivity index (χ1v) is 3.79. The molecule has 0 rings (SSSR count). The lowest BCUT2D eigenvalue weighted by molar-refractivity contribution is -0.134. The van der Waals surface area contributed by atoms with Gasteiger partial charge in [0.2, 0.25) is 6.41 Å². The summed E-state index contributed by atoms with van der Waals surface area (Å²) in [6, 6.07) is 0. The number of rotatable bonds is 5. The Hall–Kier alpha value is -1.16. The van der Waals surface area contributed by atoms with Crippen LogP contribution in [0.5, 0.6) is 0 Å². The van der Waals surface area contributed by atoms with E-state index in [0.717, 1.165) is 4.90 Å². The summed E-state index contributed by atoms with van der Waals surface area (Å²) in [5.41, 5.74) is 0. The summed E-state index contributed by atoms with van der Waals surface area (Å²) in [4.78, 5) is 22.6. The number of allylic oxidation sites excluding steroid dienone is 1. The molecule has 0 aliphatic heterocycles. The molecule has 0 fully saturated rings. The van der Waals surface area contributed by atoms with Crippen LogP contribution in [0, 0.1) is 0 Å². The minimum absolute atomic E-state index is 0.275. The first-order valence-electron chi connectivity index (χ1n) is 3.79. The van der Waals surface area contributed by atoms with Gasteiger partial charge in [0, 0.05) is 13.1 Å². The van der Waals surface area contributed by atoms with Crippen molar-refractivity contribution >= 4 is 12.3 Å². The molecule has 0 spiro atoms. The number of likely N-dealkylation sites (N-methyl/N-ethyl adjacent to an activating group) is 1. The monoisotopic (exact) mass is 170 g/mol. The third-order valence-corrected chi connectivity index (χ3v) is 1.32. The topological polar surface area (TPSA) is 49.4 Å². The number of nitrogens with one attached hydrogen (secondary N) is 1. The van der Waals surface area contributed by atoms with Gasteiger partial charge in [-0.25, -0.2) is 0 Å². The third-order valence-electron chi connectivity index (χ3n) is 1.32. The van der Waals surface area contributed by atoms with Crippen molar-refractivity contribution in [2.24, 2.45) is 0 Å². The van der Waals surface area contributed by atoms with Gasteiger partial charge in [-0.05, 0) is 20.0 Å². The molecule has 4 nitrogen and oxygen atoms in total. The normalized spacial score (nSPS) is 10.2. The summed E-state index contributed by atoms with van der Waals surface area (Å²) >= 11 is 0. The van der Waals surface area contributed by atoms with Crippen molar-refractivity contribution in [3.63, 3.8) is 0 Å². The Bertz CT molecular complexity index is 178. The van der Waals surface area contributed by atoms with E-state index in [2.05, 4.69) is 5.32 Å². The molecule has 2 amide bonds. The zero-order chi connectivity index (χ0) is 9.40. The predicted molar refractivity (Wildman–Crippen MR) is 46.5 cm³/mol. The number of carbonyl (C=O) groups excluding carboxylic acids is 2. The van der Waals surface area contributed by atoms with Crippen LogP contribution in [0.2, 0.25) is 0 Å². The second kappa shape index (κ2) is 6.54. The Morgan fingerprint density at radius 3 is 2.67 bits per heavy atom. The lowest BCUT2D eigenvalue weighted by Gasteiger charge is -2.11. The van der Waals surface area contributed by atoms with Gasteiger partial charge in [-0.3, -0.25) is 14.5 Å². The van der Waals surface area contributed by atoms with Gasteiger partial charge in [-0.2, -0.15) is 0 Å². The molecule has 0 aliphatic rings. The van der Waals surface area contributed by atoms with Crippen molar-refractivity contribution in [1.29, 1.82) is 0 Å². The van der Waals surface area contributed by atoms with E-state index in [1.54, 1.807) is 20.0 Å². The number of hydrogen-bond acceptors (Lipinski definition) is 3. The van der Waals surface area contributed by atoms with Gasteiger partial charge in [0.15, 0.2) is 0 Å². The first-order chi connectivity index (χ1) is 5.76. The zero-order valence-corrected chi connectivity index (χ0v) is 7.41. The van der Waals surface area contributed by atoms with Crippen LogP contribution in [0.25, 0.3) is 0 Å². The molecule has 4 heteroatoms. The number of hydrogen-bond donors (Lipinski definition) is 1. The van der Waals surface area contributed by atoms with E-state index >= 15 is 0 Å². The second-order valence-electron chi connectivity index (χ2n) is 2.24. The minimum atomic E-state index is -0.275. The standard InChI is InChI=1S/C8H14N2O2/c1-3-4-8(12)10(7-11)6-5-9-2/h3-4,7,9H,5-6H2,1-2H3/b4-3-. The average molecular weight is 170 g/mol. The summed E-state index contributed by atoms with van der Waals surface area (Å²) in [5, 5.41) is 2.85. The average Bonchev–Trinajstić information content (AvgIpc) is 2.06. The van der Waals surface area contributed by atoms with E-state index in [0.29, 0.717) is 19.5 Å². The van der Waals surface area contributed by atoms with Crippen LogP contribution in [0.4, 0.5) is 0 Å². The van der Waals surface area contributed by atoms with E-state index < -0.39 is 0 Å². The quantitative estimate of drug-likeness (QED) is 0.458. The van der Waals surface area contributed by atoms with E-state index in [4.69, 9.17) is 0 Å². The molecule has 0 aromatic heterocycles. The minimum Gasteiger partial charge on any atom is -0.318 e. The Morgan fingerprint density at radius 2 is 2.25 bits per heavy atom. The van der Waals surface area contributed by atoms with Crippen molar-refractivity contribution in [3.8, 4) is 0 Å². The van der Waals surface area contributed by atoms with Crippen molar-refractivity contribution < 1.29 is 9.59 Å². The van der Waals surface area contributed by atoms with Gasteiger partial charge >= 0.3 is 0 Å². The highest BCUT2D eigenvalue weighted by Crippen LogP contribution is 1.86. The molecule has 0 saturated heterocycles. The van der Waals surface area contributed by atoms with Crippen molar-refractivity contribution in [2.45, 2.75) is 6.92 Å². The van der Waals surface area contributed by atoms with Crippen LogP contribution in [0.1, 0.15) is 6.92 Å². The highest BCUT2D eigenvalue weighted by atomic mass is 16.2. The zero-order valence-electron chi connectivity index (χ0n) is 7.41. The summed E-state index contributed by atoms with van der Waals surface area (Å²) in [5.74, 6) is -0.275. The molecule has 0 saturated carbocycles. The van der Waals surface area contributed by atoms with E-state index in [1.165, 1.54) is 6.08 Å². The van der Waals surface area contributed by atoms with Crippen LogP contribution < -0.4 is 5.32 Å². The molecule has 0 atom stereocenters. The summed E-state index contributed by atoms with van der Waals surface area (Å²) < 4.78 is 0. The Kier molecular flexibility index (Phi) is 5.91. The van der Waals surface area contributed by atoms with Crippen molar-refractivity contribution in [1.82, 2.24) is 10.2 Å². The van der Waals surface area contributed by atoms with Gasteiger partial charge in [-0.1, -0.05) is 6.08 Å². The van der Waals surface area contributed by atoms with E-state index in [-0.39, 0.29) is 5.91 Å². The summed E-state index contributed by atoms with van der Waals surface area (Å²) in [7, 11) is 1.77. The Morgan fingerprint density at radius 1 is 1.58 bits per heavy atom. The Labute approximate surface area is 72.2 Å². The van der Waals surface area contributed by atoms with Gasteiger partial charge in [0.1, 0.15) is 0 Å². The molecule has 0 radical (unpaired) electrons. The lowest BCUT2D eigenvalue weighted by atomic mass is 10.4. The molecule has 1 N–H and O–H groups in total. The molecule has 0 aromatic rings. The molecule has 0 aliphatic carbocycles. The predicted octanol–water partition coefficient (Wildman–Crippen LogP) is -0.233. The van der Waals surface area contributed by atoms with Crippen molar-refractivity contribution in [2.75, 3.05) is 20.1 Å². The fourth-order valence-corrected chi connectivity index (χ4v) is 0.685. The SMILES string of the molecule is C/C=C\C(=O)N(C=O)CCNC. The number of imide groups is 1. The molecule has 0 bridgehead atoms. The number of carbonyl (C=O) groups is 2. The fourth-order valence-electron chi connectivity index (χ4n) is 0.685. The Balaban J connectivity index is 3.96. The van der Waals surface area contributed by atoms with Crippen LogP contribution in [-0.4, -0.2) is 37.4 Å². The van der Waals surface area contributed by atoms with Gasteiger partial charge < -0.3 is 5.32 Å². The van der Waals surface area contributed by atoms with Crippen LogP contribution in [-0.2, 0) is 9.59 Å². The maximum absolute atomic E-state index is 11.1. The highest BCUT2D eigenvalue weighted by Gasteiger charge is 2.06. The maximum atomic E-state index is 11.1. The second-order valence-corrected chi connectivity index (χ2v) is 2.24. The fraction of sp³-hybridized carbons (Fsp3) is 0.500. The van der Waals surface area contributed by atoms with E-state index in [9.17, 15) is 9.59 Å². The molecule has 68 valence electrons. The van der Waals surface area contributed by atoms with Crippen LogP contribution >= 0.6 is 0 Å². The van der Waals surface area contributed by atoms with Gasteiger partial charge in [0.05, 0.1) is 0 Å². The van der Waals surface area contributed by atoms with Crippen LogP contribution in [0.3, 0.4) is 0 Å². The largest absolute Gasteiger partial charge is 0.318 e. The number of amides is 2. The third kappa shape index (κ3) is 3.88. The van der Waals surface area contributed by atoms with E-state index in [1.807, 2.05) is 0 Å². The van der Waals surface area contributed by atoms with Crippen molar-refractivity contribution in [3.05, 3.63) is 12.2 Å². The summed E-state index contributed by atoms with van der Waals surface area (Å²) in [6.07, 6.45) is 3.52. The molecular weight excluding hydrogens is 156 g/mol. The molecule has 0 aromatic carbocycles. The molecular formula is C8H14N2O2. The number of nitrogens with zero attached hydrogens (tertiary/aromatic N) is 1. The van der Waals surface area contributed by atoms with Crippen LogP contribution in [0.15, 0.2) is 12.2 Å². The first kappa shape index (κ1) is 10.8. The molecule has 12 heavy (non-hydrogen) atoms. The molecule has 0 heterocycles. The van der Waals surface area contributed by atoms with Gasteiger partial charge in [0.25, 0.3) is 5.91 Å². The maximum Gasteiger partial charge on any atom is 0.252 e. The lowest BCUT2D eigenvalue weighted by Crippen LogP contribution is -2.33. The highest BCUT2D eigenvalue weighted by molar-refractivity contribution is 5.94. The smallest absolute Gasteiger partial charge is 0.252 e.